The average Bonchev–Trinajstić information content (AvgIpc) is 2.38. The molecule has 88 valence electrons. The van der Waals surface area contributed by atoms with Crippen molar-refractivity contribution < 1.29 is 4.74 Å². The Balaban J connectivity index is 2.04. The summed E-state index contributed by atoms with van der Waals surface area (Å²) in [6.07, 6.45) is 1.72. The molecule has 0 saturated carbocycles. The van der Waals surface area contributed by atoms with Gasteiger partial charge in [-0.25, -0.2) is 4.98 Å². The number of halogens is 1. The van der Waals surface area contributed by atoms with Crippen LogP contribution in [0.2, 0.25) is 0 Å². The van der Waals surface area contributed by atoms with E-state index in [0.717, 1.165) is 15.7 Å². The van der Waals surface area contributed by atoms with E-state index in [1.807, 2.05) is 36.4 Å². The summed E-state index contributed by atoms with van der Waals surface area (Å²) in [5, 5.41) is 3.32. The summed E-state index contributed by atoms with van der Waals surface area (Å²) >= 11 is 3.41. The van der Waals surface area contributed by atoms with Crippen LogP contribution in [-0.2, 0) is 6.54 Å². The molecule has 1 aromatic carbocycles. The summed E-state index contributed by atoms with van der Waals surface area (Å²) in [7, 11) is 1.63. The van der Waals surface area contributed by atoms with E-state index >= 15 is 0 Å². The third-order valence-electron chi connectivity index (χ3n) is 2.37. The number of hydrogen-bond acceptors (Lipinski definition) is 3. The molecule has 0 aliphatic heterocycles. The van der Waals surface area contributed by atoms with Gasteiger partial charge in [0.2, 0.25) is 5.88 Å². The van der Waals surface area contributed by atoms with Gasteiger partial charge in [-0.05, 0) is 30.3 Å². The van der Waals surface area contributed by atoms with Crippen LogP contribution in [0.25, 0.3) is 0 Å². The van der Waals surface area contributed by atoms with Gasteiger partial charge in [0.15, 0.2) is 0 Å². The molecule has 0 amide bonds. The van der Waals surface area contributed by atoms with Crippen LogP contribution in [0.15, 0.2) is 47.1 Å². The third-order valence-corrected chi connectivity index (χ3v) is 2.90. The molecule has 2 rings (SSSR count). The zero-order chi connectivity index (χ0) is 12.1. The SMILES string of the molecule is COc1ncccc1CNc1ccc(Br)cc1. The van der Waals surface area contributed by atoms with Crippen LogP contribution in [0.5, 0.6) is 5.88 Å². The second kappa shape index (κ2) is 5.68. The molecule has 3 nitrogen and oxygen atoms in total. The van der Waals surface area contributed by atoms with Crippen molar-refractivity contribution >= 4 is 21.6 Å². The number of rotatable bonds is 4. The number of aromatic nitrogens is 1. The molecule has 0 saturated heterocycles. The van der Waals surface area contributed by atoms with E-state index in [0.29, 0.717) is 12.4 Å². The Labute approximate surface area is 109 Å². The number of nitrogens with one attached hydrogen (secondary N) is 1. The highest BCUT2D eigenvalue weighted by molar-refractivity contribution is 9.10. The fourth-order valence-corrected chi connectivity index (χ4v) is 1.77. The number of methoxy groups -OCH3 is 1. The second-order valence-electron chi connectivity index (χ2n) is 3.53. The number of ether oxygens (including phenoxy) is 1. The lowest BCUT2D eigenvalue weighted by Crippen LogP contribution is -2.02. The van der Waals surface area contributed by atoms with Crippen LogP contribution in [0, 0.1) is 0 Å². The molecular formula is C13H13BrN2O. The molecule has 0 bridgehead atoms. The first-order valence-electron chi connectivity index (χ1n) is 5.27. The Kier molecular flexibility index (Phi) is 3.98. The summed E-state index contributed by atoms with van der Waals surface area (Å²) in [6.45, 7) is 0.693. The Morgan fingerprint density at radius 1 is 1.24 bits per heavy atom. The lowest BCUT2D eigenvalue weighted by Gasteiger charge is -2.09. The van der Waals surface area contributed by atoms with Crippen molar-refractivity contribution in [1.29, 1.82) is 0 Å². The van der Waals surface area contributed by atoms with E-state index in [4.69, 9.17) is 4.74 Å². The monoisotopic (exact) mass is 292 g/mol. The highest BCUT2D eigenvalue weighted by atomic mass is 79.9. The van der Waals surface area contributed by atoms with Crippen LogP contribution >= 0.6 is 15.9 Å². The van der Waals surface area contributed by atoms with Crippen LogP contribution < -0.4 is 10.1 Å². The highest BCUT2D eigenvalue weighted by Crippen LogP contribution is 2.18. The van der Waals surface area contributed by atoms with Gasteiger partial charge in [0.1, 0.15) is 0 Å². The average molecular weight is 293 g/mol. The first-order chi connectivity index (χ1) is 8.29. The van der Waals surface area contributed by atoms with Gasteiger partial charge in [0.25, 0.3) is 0 Å². The minimum Gasteiger partial charge on any atom is -0.481 e. The van der Waals surface area contributed by atoms with Gasteiger partial charge in [-0.3, -0.25) is 0 Å². The molecule has 2 aromatic rings. The van der Waals surface area contributed by atoms with Crippen LogP contribution in [-0.4, -0.2) is 12.1 Å². The quantitative estimate of drug-likeness (QED) is 0.937. The Morgan fingerprint density at radius 3 is 2.71 bits per heavy atom. The predicted octanol–water partition coefficient (Wildman–Crippen LogP) is 3.46. The van der Waals surface area contributed by atoms with Crippen molar-refractivity contribution in [2.24, 2.45) is 0 Å². The van der Waals surface area contributed by atoms with Crippen LogP contribution in [0.4, 0.5) is 5.69 Å². The van der Waals surface area contributed by atoms with Crippen LogP contribution in [0.3, 0.4) is 0 Å². The van der Waals surface area contributed by atoms with E-state index in [9.17, 15) is 0 Å². The predicted molar refractivity (Wildman–Crippen MR) is 72.3 cm³/mol. The van der Waals surface area contributed by atoms with Gasteiger partial charge in [-0.15, -0.1) is 0 Å². The Bertz CT molecular complexity index is 485. The maximum atomic E-state index is 5.19. The molecule has 0 spiro atoms. The van der Waals surface area contributed by atoms with Crippen molar-refractivity contribution in [2.45, 2.75) is 6.54 Å². The molecule has 4 heteroatoms. The van der Waals surface area contributed by atoms with E-state index in [1.54, 1.807) is 13.3 Å². The van der Waals surface area contributed by atoms with E-state index in [2.05, 4.69) is 26.2 Å². The lowest BCUT2D eigenvalue weighted by molar-refractivity contribution is 0.393. The number of nitrogens with zero attached hydrogens (tertiary/aromatic N) is 1. The van der Waals surface area contributed by atoms with Gasteiger partial charge in [0, 0.05) is 28.5 Å². The Morgan fingerprint density at radius 2 is 2.00 bits per heavy atom. The summed E-state index contributed by atoms with van der Waals surface area (Å²) in [4.78, 5) is 4.15. The number of pyridine rings is 1. The summed E-state index contributed by atoms with van der Waals surface area (Å²) in [6, 6.07) is 11.9. The second-order valence-corrected chi connectivity index (χ2v) is 4.45. The third kappa shape index (κ3) is 3.20. The number of benzene rings is 1. The fourth-order valence-electron chi connectivity index (χ4n) is 1.51. The first-order valence-corrected chi connectivity index (χ1v) is 6.06. The molecule has 0 aliphatic rings. The minimum atomic E-state index is 0.664. The lowest BCUT2D eigenvalue weighted by atomic mass is 10.2. The van der Waals surface area contributed by atoms with Gasteiger partial charge in [0.05, 0.1) is 7.11 Å². The topological polar surface area (TPSA) is 34.1 Å². The van der Waals surface area contributed by atoms with Gasteiger partial charge < -0.3 is 10.1 Å². The molecule has 0 atom stereocenters. The zero-order valence-electron chi connectivity index (χ0n) is 9.48. The molecule has 1 heterocycles. The highest BCUT2D eigenvalue weighted by Gasteiger charge is 2.02. The van der Waals surface area contributed by atoms with Crippen molar-refractivity contribution in [3.8, 4) is 5.88 Å². The summed E-state index contributed by atoms with van der Waals surface area (Å²) in [5.41, 5.74) is 2.11. The standard InChI is InChI=1S/C13H13BrN2O/c1-17-13-10(3-2-8-15-13)9-16-12-6-4-11(14)5-7-12/h2-8,16H,9H2,1H3. The maximum absolute atomic E-state index is 5.19. The molecule has 1 N–H and O–H groups in total. The number of anilines is 1. The molecule has 17 heavy (non-hydrogen) atoms. The summed E-state index contributed by atoms with van der Waals surface area (Å²) in [5.74, 6) is 0.664. The van der Waals surface area contributed by atoms with Gasteiger partial charge >= 0.3 is 0 Å². The largest absolute Gasteiger partial charge is 0.481 e. The minimum absolute atomic E-state index is 0.664. The van der Waals surface area contributed by atoms with Crippen molar-refractivity contribution in [3.63, 3.8) is 0 Å². The van der Waals surface area contributed by atoms with E-state index < -0.39 is 0 Å². The van der Waals surface area contributed by atoms with Crippen molar-refractivity contribution in [2.75, 3.05) is 12.4 Å². The van der Waals surface area contributed by atoms with Crippen LogP contribution in [0.1, 0.15) is 5.56 Å². The molecule has 0 fully saturated rings. The molecular weight excluding hydrogens is 280 g/mol. The van der Waals surface area contributed by atoms with E-state index in [1.165, 1.54) is 0 Å². The molecule has 0 radical (unpaired) electrons. The Hall–Kier alpha value is -1.55. The van der Waals surface area contributed by atoms with Crippen molar-refractivity contribution in [3.05, 3.63) is 52.6 Å². The van der Waals surface area contributed by atoms with Crippen molar-refractivity contribution in [1.82, 2.24) is 4.98 Å². The fraction of sp³-hybridized carbons (Fsp3) is 0.154. The van der Waals surface area contributed by atoms with E-state index in [-0.39, 0.29) is 0 Å². The number of hydrogen-bond donors (Lipinski definition) is 1. The molecule has 0 unspecified atom stereocenters. The van der Waals surface area contributed by atoms with Gasteiger partial charge in [-0.1, -0.05) is 22.0 Å². The maximum Gasteiger partial charge on any atom is 0.218 e. The zero-order valence-corrected chi connectivity index (χ0v) is 11.1. The smallest absolute Gasteiger partial charge is 0.218 e. The molecule has 1 aromatic heterocycles. The van der Waals surface area contributed by atoms with Gasteiger partial charge in [-0.2, -0.15) is 0 Å². The summed E-state index contributed by atoms with van der Waals surface area (Å²) < 4.78 is 6.27. The molecule has 0 aliphatic carbocycles. The first kappa shape index (κ1) is 11.9. The normalized spacial score (nSPS) is 10.0.